The summed E-state index contributed by atoms with van der Waals surface area (Å²) in [6.07, 6.45) is 3.78. The van der Waals surface area contributed by atoms with E-state index in [0.717, 1.165) is 13.1 Å². The number of benzene rings is 1. The van der Waals surface area contributed by atoms with Crippen LogP contribution in [-0.2, 0) is 5.41 Å². The fourth-order valence-corrected chi connectivity index (χ4v) is 3.13. The van der Waals surface area contributed by atoms with E-state index in [1.165, 1.54) is 30.5 Å². The predicted molar refractivity (Wildman–Crippen MR) is 74.8 cm³/mol. The van der Waals surface area contributed by atoms with E-state index in [2.05, 4.69) is 42.7 Å². The molecule has 1 aliphatic heterocycles. The van der Waals surface area contributed by atoms with Gasteiger partial charge in [-0.25, -0.2) is 0 Å². The minimum absolute atomic E-state index is 0.404. The van der Waals surface area contributed by atoms with Crippen LogP contribution in [0.15, 0.2) is 18.2 Å². The normalized spacial score (nSPS) is 19.0. The number of anilines is 1. The van der Waals surface area contributed by atoms with Gasteiger partial charge in [0.25, 0.3) is 0 Å². The SMILES string of the molecule is CCC1(c2ccc(NC)cc2C)CCNCC1. The van der Waals surface area contributed by atoms with Crippen molar-refractivity contribution in [2.45, 2.75) is 38.5 Å². The highest BCUT2D eigenvalue weighted by molar-refractivity contribution is 5.50. The molecule has 0 unspecified atom stereocenters. The van der Waals surface area contributed by atoms with E-state index in [4.69, 9.17) is 0 Å². The molecule has 0 aliphatic carbocycles. The second kappa shape index (κ2) is 5.09. The molecule has 1 aromatic rings. The van der Waals surface area contributed by atoms with Gasteiger partial charge in [-0.1, -0.05) is 13.0 Å². The minimum atomic E-state index is 0.404. The topological polar surface area (TPSA) is 24.1 Å². The van der Waals surface area contributed by atoms with Crippen LogP contribution < -0.4 is 10.6 Å². The third kappa shape index (κ3) is 2.32. The molecule has 0 aromatic heterocycles. The van der Waals surface area contributed by atoms with E-state index < -0.39 is 0 Å². The van der Waals surface area contributed by atoms with E-state index in [9.17, 15) is 0 Å². The second-order valence-electron chi connectivity index (χ2n) is 5.16. The van der Waals surface area contributed by atoms with Crippen LogP contribution in [0.25, 0.3) is 0 Å². The summed E-state index contributed by atoms with van der Waals surface area (Å²) < 4.78 is 0. The number of hydrogen-bond donors (Lipinski definition) is 2. The van der Waals surface area contributed by atoms with Crippen molar-refractivity contribution in [3.8, 4) is 0 Å². The van der Waals surface area contributed by atoms with Crippen LogP contribution in [-0.4, -0.2) is 20.1 Å². The first-order valence-electron chi connectivity index (χ1n) is 6.71. The molecule has 1 saturated heterocycles. The summed E-state index contributed by atoms with van der Waals surface area (Å²) in [6, 6.07) is 6.81. The minimum Gasteiger partial charge on any atom is -0.388 e. The molecule has 0 saturated carbocycles. The number of aryl methyl sites for hydroxylation is 1. The highest BCUT2D eigenvalue weighted by atomic mass is 14.9. The lowest BCUT2D eigenvalue weighted by atomic mass is 9.70. The molecule has 0 bridgehead atoms. The molecular formula is C15H24N2. The summed E-state index contributed by atoms with van der Waals surface area (Å²) in [5.74, 6) is 0. The van der Waals surface area contributed by atoms with Crippen LogP contribution in [0.5, 0.6) is 0 Å². The molecule has 2 heteroatoms. The fraction of sp³-hybridized carbons (Fsp3) is 0.600. The van der Waals surface area contributed by atoms with Crippen molar-refractivity contribution in [2.24, 2.45) is 0 Å². The quantitative estimate of drug-likeness (QED) is 0.837. The van der Waals surface area contributed by atoms with Gasteiger partial charge in [0, 0.05) is 12.7 Å². The Bertz CT molecular complexity index is 379. The van der Waals surface area contributed by atoms with Crippen LogP contribution in [0.3, 0.4) is 0 Å². The molecule has 1 aliphatic rings. The van der Waals surface area contributed by atoms with E-state index in [0.29, 0.717) is 5.41 Å². The van der Waals surface area contributed by atoms with Crippen molar-refractivity contribution < 1.29 is 0 Å². The molecule has 2 rings (SSSR count). The monoisotopic (exact) mass is 232 g/mol. The lowest BCUT2D eigenvalue weighted by molar-refractivity contribution is 0.296. The fourth-order valence-electron chi connectivity index (χ4n) is 3.13. The van der Waals surface area contributed by atoms with Crippen molar-refractivity contribution in [3.63, 3.8) is 0 Å². The molecule has 1 fully saturated rings. The van der Waals surface area contributed by atoms with E-state index in [-0.39, 0.29) is 0 Å². The van der Waals surface area contributed by atoms with Gasteiger partial charge in [0.05, 0.1) is 0 Å². The Morgan fingerprint density at radius 3 is 2.53 bits per heavy atom. The number of rotatable bonds is 3. The molecule has 0 amide bonds. The van der Waals surface area contributed by atoms with Crippen LogP contribution in [0.4, 0.5) is 5.69 Å². The Labute approximate surface area is 105 Å². The van der Waals surface area contributed by atoms with Crippen molar-refractivity contribution in [1.29, 1.82) is 0 Å². The Hall–Kier alpha value is -1.02. The molecule has 2 nitrogen and oxygen atoms in total. The number of piperidine rings is 1. The maximum atomic E-state index is 3.47. The van der Waals surface area contributed by atoms with Gasteiger partial charge in [-0.2, -0.15) is 0 Å². The Morgan fingerprint density at radius 1 is 1.29 bits per heavy atom. The Kier molecular flexibility index (Phi) is 3.72. The lowest BCUT2D eigenvalue weighted by Crippen LogP contribution is -2.39. The molecule has 0 radical (unpaired) electrons. The molecule has 1 aromatic carbocycles. The molecule has 0 spiro atoms. The van der Waals surface area contributed by atoms with Gasteiger partial charge >= 0.3 is 0 Å². The van der Waals surface area contributed by atoms with Gasteiger partial charge in [-0.15, -0.1) is 0 Å². The van der Waals surface area contributed by atoms with Crippen LogP contribution in [0.2, 0.25) is 0 Å². The summed E-state index contributed by atoms with van der Waals surface area (Å²) in [7, 11) is 1.98. The average Bonchev–Trinajstić information content (AvgIpc) is 2.39. The van der Waals surface area contributed by atoms with Crippen molar-refractivity contribution in [1.82, 2.24) is 5.32 Å². The molecule has 94 valence electrons. The summed E-state index contributed by atoms with van der Waals surface area (Å²) in [4.78, 5) is 0. The van der Waals surface area contributed by atoms with Crippen molar-refractivity contribution in [3.05, 3.63) is 29.3 Å². The number of nitrogens with one attached hydrogen (secondary N) is 2. The van der Waals surface area contributed by atoms with Gasteiger partial charge in [0.2, 0.25) is 0 Å². The predicted octanol–water partition coefficient (Wildman–Crippen LogP) is 3.07. The average molecular weight is 232 g/mol. The van der Waals surface area contributed by atoms with Gasteiger partial charge in [0.1, 0.15) is 0 Å². The van der Waals surface area contributed by atoms with Gasteiger partial charge < -0.3 is 10.6 Å². The first-order chi connectivity index (χ1) is 8.22. The summed E-state index contributed by atoms with van der Waals surface area (Å²) in [6.45, 7) is 6.88. The third-order valence-electron chi connectivity index (χ3n) is 4.32. The molecule has 2 N–H and O–H groups in total. The Balaban J connectivity index is 2.36. The maximum Gasteiger partial charge on any atom is 0.0340 e. The zero-order chi connectivity index (χ0) is 12.3. The maximum absolute atomic E-state index is 3.47. The Morgan fingerprint density at radius 2 is 2.00 bits per heavy atom. The second-order valence-corrected chi connectivity index (χ2v) is 5.16. The summed E-state index contributed by atoms with van der Waals surface area (Å²) in [5, 5.41) is 6.69. The summed E-state index contributed by atoms with van der Waals surface area (Å²) in [5.41, 5.74) is 4.61. The molecular weight excluding hydrogens is 208 g/mol. The lowest BCUT2D eigenvalue weighted by Gasteiger charge is -2.38. The summed E-state index contributed by atoms with van der Waals surface area (Å²) >= 11 is 0. The smallest absolute Gasteiger partial charge is 0.0340 e. The highest BCUT2D eigenvalue weighted by Gasteiger charge is 2.32. The van der Waals surface area contributed by atoms with E-state index >= 15 is 0 Å². The van der Waals surface area contributed by atoms with Crippen molar-refractivity contribution >= 4 is 5.69 Å². The van der Waals surface area contributed by atoms with Crippen molar-refractivity contribution in [2.75, 3.05) is 25.5 Å². The largest absolute Gasteiger partial charge is 0.388 e. The zero-order valence-electron chi connectivity index (χ0n) is 11.3. The zero-order valence-corrected chi connectivity index (χ0v) is 11.3. The standard InChI is InChI=1S/C15H24N2/c1-4-15(7-9-17-10-8-15)14-6-5-13(16-3)11-12(14)2/h5-6,11,16-17H,4,7-10H2,1-3H3. The first-order valence-corrected chi connectivity index (χ1v) is 6.71. The third-order valence-corrected chi connectivity index (χ3v) is 4.32. The highest BCUT2D eigenvalue weighted by Crippen LogP contribution is 2.38. The van der Waals surface area contributed by atoms with Gasteiger partial charge in [0.15, 0.2) is 0 Å². The van der Waals surface area contributed by atoms with E-state index in [1.807, 2.05) is 7.05 Å². The van der Waals surface area contributed by atoms with E-state index in [1.54, 1.807) is 5.56 Å². The van der Waals surface area contributed by atoms with Crippen LogP contribution in [0.1, 0.15) is 37.3 Å². The first kappa shape index (κ1) is 12.4. The molecule has 1 heterocycles. The van der Waals surface area contributed by atoms with Gasteiger partial charge in [-0.3, -0.25) is 0 Å². The molecule has 17 heavy (non-hydrogen) atoms. The molecule has 0 atom stereocenters. The van der Waals surface area contributed by atoms with Crippen LogP contribution in [0, 0.1) is 6.92 Å². The van der Waals surface area contributed by atoms with Crippen LogP contribution >= 0.6 is 0 Å². The van der Waals surface area contributed by atoms with Gasteiger partial charge in [-0.05, 0) is 68.0 Å². The number of hydrogen-bond acceptors (Lipinski definition) is 2.